The third kappa shape index (κ3) is 2.51. The molecule has 0 fully saturated rings. The first-order valence-electron chi connectivity index (χ1n) is 5.00. The van der Waals surface area contributed by atoms with E-state index in [4.69, 9.17) is 11.6 Å². The van der Waals surface area contributed by atoms with Crippen molar-refractivity contribution in [2.24, 2.45) is 0 Å². The Morgan fingerprint density at radius 2 is 2.38 bits per heavy atom. The van der Waals surface area contributed by atoms with Crippen LogP contribution in [0, 0.1) is 0 Å². The van der Waals surface area contributed by atoms with Crippen molar-refractivity contribution in [1.82, 2.24) is 10.3 Å². The third-order valence-electron chi connectivity index (χ3n) is 2.08. The second-order valence-corrected chi connectivity index (χ2v) is 4.90. The van der Waals surface area contributed by atoms with Crippen LogP contribution in [0.25, 0.3) is 10.2 Å². The Bertz CT molecular complexity index is 524. The van der Waals surface area contributed by atoms with E-state index in [1.165, 1.54) is 11.3 Å². The molecular formula is C11H11ClN2OS. The summed E-state index contributed by atoms with van der Waals surface area (Å²) in [6.07, 6.45) is 0.338. The zero-order chi connectivity index (χ0) is 11.5. The number of fused-ring (bicyclic) bond motifs is 1. The minimum absolute atomic E-state index is 0.00709. The molecule has 0 unspecified atom stereocenters. The number of carbonyl (C=O) groups is 1. The molecule has 0 spiro atoms. The summed E-state index contributed by atoms with van der Waals surface area (Å²) in [6, 6.07) is 5.55. The van der Waals surface area contributed by atoms with Crippen LogP contribution in [0.15, 0.2) is 18.2 Å². The van der Waals surface area contributed by atoms with Gasteiger partial charge in [0.2, 0.25) is 5.91 Å². The molecule has 1 N–H and O–H groups in total. The lowest BCUT2D eigenvalue weighted by molar-refractivity contribution is -0.120. The first kappa shape index (κ1) is 11.4. The zero-order valence-corrected chi connectivity index (χ0v) is 10.4. The van der Waals surface area contributed by atoms with Gasteiger partial charge in [-0.25, -0.2) is 4.98 Å². The molecule has 84 valence electrons. The molecule has 0 saturated heterocycles. The molecule has 2 aromatic rings. The molecule has 16 heavy (non-hydrogen) atoms. The third-order valence-corrected chi connectivity index (χ3v) is 3.33. The van der Waals surface area contributed by atoms with Gasteiger partial charge >= 0.3 is 0 Å². The molecule has 0 aliphatic heterocycles. The van der Waals surface area contributed by atoms with Gasteiger partial charge in [0.15, 0.2) is 0 Å². The normalized spacial score (nSPS) is 10.6. The molecule has 0 aliphatic rings. The molecule has 1 amide bonds. The van der Waals surface area contributed by atoms with E-state index >= 15 is 0 Å². The summed E-state index contributed by atoms with van der Waals surface area (Å²) in [6.45, 7) is 2.55. The highest BCUT2D eigenvalue weighted by molar-refractivity contribution is 7.18. The number of amides is 1. The van der Waals surface area contributed by atoms with Gasteiger partial charge in [-0.05, 0) is 25.1 Å². The molecule has 1 aromatic heterocycles. The van der Waals surface area contributed by atoms with Crippen LogP contribution in [0.1, 0.15) is 11.9 Å². The van der Waals surface area contributed by atoms with Gasteiger partial charge in [-0.3, -0.25) is 4.79 Å². The number of benzene rings is 1. The number of hydrogen-bond acceptors (Lipinski definition) is 3. The van der Waals surface area contributed by atoms with Crippen LogP contribution in [0.5, 0.6) is 0 Å². The Morgan fingerprint density at radius 1 is 1.56 bits per heavy atom. The maximum Gasteiger partial charge on any atom is 0.226 e. The average Bonchev–Trinajstić information content (AvgIpc) is 2.59. The van der Waals surface area contributed by atoms with E-state index in [-0.39, 0.29) is 5.91 Å². The van der Waals surface area contributed by atoms with E-state index in [0.717, 1.165) is 15.2 Å². The highest BCUT2D eigenvalue weighted by Crippen LogP contribution is 2.25. The topological polar surface area (TPSA) is 42.0 Å². The lowest BCUT2D eigenvalue weighted by atomic mass is 10.3. The average molecular weight is 255 g/mol. The minimum Gasteiger partial charge on any atom is -0.356 e. The monoisotopic (exact) mass is 254 g/mol. The lowest BCUT2D eigenvalue weighted by Gasteiger charge is -1.97. The number of nitrogens with zero attached hydrogens (tertiary/aromatic N) is 1. The van der Waals surface area contributed by atoms with Crippen molar-refractivity contribution >= 4 is 39.1 Å². The van der Waals surface area contributed by atoms with Gasteiger partial charge in [0, 0.05) is 11.6 Å². The van der Waals surface area contributed by atoms with Gasteiger partial charge in [-0.1, -0.05) is 11.6 Å². The van der Waals surface area contributed by atoms with E-state index in [9.17, 15) is 4.79 Å². The van der Waals surface area contributed by atoms with Crippen molar-refractivity contribution in [1.29, 1.82) is 0 Å². The quantitative estimate of drug-likeness (QED) is 0.915. The van der Waals surface area contributed by atoms with Crippen LogP contribution in [0.2, 0.25) is 5.02 Å². The highest BCUT2D eigenvalue weighted by atomic mass is 35.5. The van der Waals surface area contributed by atoms with E-state index < -0.39 is 0 Å². The van der Waals surface area contributed by atoms with E-state index in [1.54, 1.807) is 6.07 Å². The summed E-state index contributed by atoms with van der Waals surface area (Å²) in [7, 11) is 0. The Balaban J connectivity index is 2.23. The number of halogens is 1. The predicted octanol–water partition coefficient (Wildman–Crippen LogP) is 2.63. The summed E-state index contributed by atoms with van der Waals surface area (Å²) >= 11 is 7.39. The van der Waals surface area contributed by atoms with Gasteiger partial charge in [0.25, 0.3) is 0 Å². The maximum absolute atomic E-state index is 11.4. The molecule has 2 rings (SSSR count). The second-order valence-electron chi connectivity index (χ2n) is 3.35. The Morgan fingerprint density at radius 3 is 3.12 bits per heavy atom. The molecule has 0 atom stereocenters. The van der Waals surface area contributed by atoms with E-state index in [1.807, 2.05) is 19.1 Å². The summed E-state index contributed by atoms with van der Waals surface area (Å²) in [5.41, 5.74) is 0.897. The van der Waals surface area contributed by atoms with E-state index in [0.29, 0.717) is 18.0 Å². The van der Waals surface area contributed by atoms with Crippen molar-refractivity contribution in [2.45, 2.75) is 13.3 Å². The van der Waals surface area contributed by atoms with Crippen molar-refractivity contribution in [3.8, 4) is 0 Å². The number of likely N-dealkylation sites (N-methyl/N-ethyl adjacent to an activating group) is 1. The first-order chi connectivity index (χ1) is 7.69. The Hall–Kier alpha value is -1.13. The molecule has 5 heteroatoms. The van der Waals surface area contributed by atoms with Gasteiger partial charge in [-0.2, -0.15) is 0 Å². The number of carbonyl (C=O) groups excluding carboxylic acids is 1. The van der Waals surface area contributed by atoms with Gasteiger partial charge in [0.1, 0.15) is 5.01 Å². The number of rotatable bonds is 3. The maximum atomic E-state index is 11.4. The zero-order valence-electron chi connectivity index (χ0n) is 8.79. The van der Waals surface area contributed by atoms with Crippen LogP contribution in [-0.2, 0) is 11.2 Å². The van der Waals surface area contributed by atoms with Crippen molar-refractivity contribution in [3.63, 3.8) is 0 Å². The van der Waals surface area contributed by atoms with Crippen molar-refractivity contribution in [3.05, 3.63) is 28.2 Å². The van der Waals surface area contributed by atoms with Crippen molar-refractivity contribution in [2.75, 3.05) is 6.54 Å². The fraction of sp³-hybridized carbons (Fsp3) is 0.273. The summed E-state index contributed by atoms with van der Waals surface area (Å²) in [5, 5.41) is 4.27. The van der Waals surface area contributed by atoms with Crippen molar-refractivity contribution < 1.29 is 4.79 Å². The standard InChI is InChI=1S/C11H11ClN2OS/c1-2-13-10(15)6-11-14-8-4-3-7(12)5-9(8)16-11/h3-5H,2,6H2,1H3,(H,13,15). The molecule has 0 bridgehead atoms. The molecule has 1 aromatic carbocycles. The lowest BCUT2D eigenvalue weighted by Crippen LogP contribution is -2.24. The molecule has 3 nitrogen and oxygen atoms in total. The number of aromatic nitrogens is 1. The van der Waals surface area contributed by atoms with Crippen LogP contribution >= 0.6 is 22.9 Å². The summed E-state index contributed by atoms with van der Waals surface area (Å²) < 4.78 is 1.02. The fourth-order valence-corrected chi connectivity index (χ4v) is 2.66. The van der Waals surface area contributed by atoms with Crippen LogP contribution in [0.3, 0.4) is 0 Å². The largest absolute Gasteiger partial charge is 0.356 e. The number of nitrogens with one attached hydrogen (secondary N) is 1. The summed E-state index contributed by atoms with van der Waals surface area (Å²) in [5.74, 6) is 0.00709. The first-order valence-corrected chi connectivity index (χ1v) is 6.20. The van der Waals surface area contributed by atoms with Gasteiger partial charge in [-0.15, -0.1) is 11.3 Å². The Kier molecular flexibility index (Phi) is 3.41. The smallest absolute Gasteiger partial charge is 0.226 e. The van der Waals surface area contributed by atoms with E-state index in [2.05, 4.69) is 10.3 Å². The van der Waals surface area contributed by atoms with Gasteiger partial charge in [0.05, 0.1) is 16.6 Å². The molecular weight excluding hydrogens is 244 g/mol. The summed E-state index contributed by atoms with van der Waals surface area (Å²) in [4.78, 5) is 15.8. The Labute approximate surface area is 102 Å². The number of thiazole rings is 1. The molecule has 0 aliphatic carbocycles. The van der Waals surface area contributed by atoms with Crippen LogP contribution in [0.4, 0.5) is 0 Å². The molecule has 1 heterocycles. The molecule has 0 saturated carbocycles. The highest BCUT2D eigenvalue weighted by Gasteiger charge is 2.08. The predicted molar refractivity (Wildman–Crippen MR) is 67.0 cm³/mol. The second kappa shape index (κ2) is 4.80. The van der Waals surface area contributed by atoms with Crippen LogP contribution in [-0.4, -0.2) is 17.4 Å². The minimum atomic E-state index is 0.00709. The van der Waals surface area contributed by atoms with Crippen LogP contribution < -0.4 is 5.32 Å². The fourth-order valence-electron chi connectivity index (χ4n) is 1.42. The SMILES string of the molecule is CCNC(=O)Cc1nc2ccc(Cl)cc2s1. The number of hydrogen-bond donors (Lipinski definition) is 1. The van der Waals surface area contributed by atoms with Gasteiger partial charge < -0.3 is 5.32 Å². The molecule has 0 radical (unpaired) electrons.